The molecule has 1 aromatic heterocycles. The Kier molecular flexibility index (Phi) is 2.92. The number of halogens is 1. The van der Waals surface area contributed by atoms with E-state index >= 15 is 0 Å². The molecular weight excluding hydrogens is 190 g/mol. The number of hydrogen-bond acceptors (Lipinski definition) is 5. The molecule has 13 heavy (non-hydrogen) atoms. The van der Waals surface area contributed by atoms with Crippen LogP contribution in [-0.2, 0) is 0 Å². The van der Waals surface area contributed by atoms with Gasteiger partial charge in [-0.05, 0) is 0 Å². The molecule has 70 valence electrons. The smallest absolute Gasteiger partial charge is 0.223 e. The van der Waals surface area contributed by atoms with Gasteiger partial charge in [0.05, 0.1) is 6.54 Å². The molecule has 0 aromatic carbocycles. The van der Waals surface area contributed by atoms with Crippen molar-refractivity contribution in [2.45, 2.75) is 0 Å². The highest BCUT2D eigenvalue weighted by atomic mass is 35.5. The summed E-state index contributed by atoms with van der Waals surface area (Å²) in [6.07, 6.45) is 0. The molecule has 0 fully saturated rings. The van der Waals surface area contributed by atoms with Gasteiger partial charge < -0.3 is 16.8 Å². The minimum Gasteiger partial charge on any atom is -0.383 e. The van der Waals surface area contributed by atoms with E-state index in [9.17, 15) is 0 Å². The number of nitrogens with zero attached hydrogens (tertiary/aromatic N) is 2. The third-order valence-corrected chi connectivity index (χ3v) is 1.36. The number of hydrogen-bond donors (Lipinski definition) is 3. The standard InChI is InChI=1S/C7H10ClN5/c1-4(8)3-11-6-2-5(9)12-7(10)13-6/h2H,1,3H2,(H5,9,10,11,12,13). The van der Waals surface area contributed by atoms with E-state index in [0.29, 0.717) is 23.2 Å². The van der Waals surface area contributed by atoms with Gasteiger partial charge in [0.15, 0.2) is 0 Å². The van der Waals surface area contributed by atoms with Crippen LogP contribution >= 0.6 is 11.6 Å². The van der Waals surface area contributed by atoms with Gasteiger partial charge in [0, 0.05) is 11.1 Å². The predicted molar refractivity (Wildman–Crippen MR) is 54.3 cm³/mol. The molecule has 0 unspecified atom stereocenters. The van der Waals surface area contributed by atoms with Gasteiger partial charge in [-0.1, -0.05) is 18.2 Å². The van der Waals surface area contributed by atoms with Crippen molar-refractivity contribution < 1.29 is 0 Å². The second-order valence-corrected chi connectivity index (χ2v) is 2.94. The zero-order valence-corrected chi connectivity index (χ0v) is 7.67. The lowest BCUT2D eigenvalue weighted by atomic mass is 10.5. The first-order valence-electron chi connectivity index (χ1n) is 3.55. The first-order chi connectivity index (χ1) is 6.08. The van der Waals surface area contributed by atoms with Crippen molar-refractivity contribution in [2.24, 2.45) is 0 Å². The summed E-state index contributed by atoms with van der Waals surface area (Å²) < 4.78 is 0. The molecule has 0 atom stereocenters. The second-order valence-electron chi connectivity index (χ2n) is 2.41. The van der Waals surface area contributed by atoms with E-state index in [1.807, 2.05) is 0 Å². The second kappa shape index (κ2) is 3.95. The molecule has 0 aliphatic heterocycles. The van der Waals surface area contributed by atoms with Gasteiger partial charge in [0.25, 0.3) is 0 Å². The van der Waals surface area contributed by atoms with E-state index in [-0.39, 0.29) is 5.95 Å². The van der Waals surface area contributed by atoms with Crippen molar-refractivity contribution in [2.75, 3.05) is 23.3 Å². The zero-order chi connectivity index (χ0) is 9.84. The SMILES string of the molecule is C=C(Cl)CNc1cc(N)nc(N)n1. The number of aromatic nitrogens is 2. The highest BCUT2D eigenvalue weighted by Gasteiger charge is 1.98. The molecule has 0 aliphatic carbocycles. The average Bonchev–Trinajstić information content (AvgIpc) is 1.99. The molecule has 1 heterocycles. The summed E-state index contributed by atoms with van der Waals surface area (Å²) in [5.41, 5.74) is 10.8. The fraction of sp³-hybridized carbons (Fsp3) is 0.143. The van der Waals surface area contributed by atoms with Gasteiger partial charge in [-0.2, -0.15) is 9.97 Å². The van der Waals surface area contributed by atoms with Crippen molar-refractivity contribution >= 4 is 29.2 Å². The van der Waals surface area contributed by atoms with Crippen LogP contribution in [0, 0.1) is 0 Å². The van der Waals surface area contributed by atoms with Crippen LogP contribution in [-0.4, -0.2) is 16.5 Å². The fourth-order valence-electron chi connectivity index (χ4n) is 0.762. The first-order valence-corrected chi connectivity index (χ1v) is 3.93. The maximum absolute atomic E-state index is 5.54. The Labute approximate surface area is 80.8 Å². The molecule has 5 N–H and O–H groups in total. The molecule has 1 aromatic rings. The number of nitrogen functional groups attached to an aromatic ring is 2. The van der Waals surface area contributed by atoms with E-state index < -0.39 is 0 Å². The Balaban J connectivity index is 2.71. The van der Waals surface area contributed by atoms with Crippen molar-refractivity contribution in [3.63, 3.8) is 0 Å². The third-order valence-electron chi connectivity index (χ3n) is 1.22. The van der Waals surface area contributed by atoms with Crippen LogP contribution in [0.15, 0.2) is 17.7 Å². The van der Waals surface area contributed by atoms with E-state index in [4.69, 9.17) is 23.1 Å². The van der Waals surface area contributed by atoms with Gasteiger partial charge in [-0.25, -0.2) is 0 Å². The molecule has 0 spiro atoms. The number of nitrogens with one attached hydrogen (secondary N) is 1. The van der Waals surface area contributed by atoms with Crippen LogP contribution in [0.25, 0.3) is 0 Å². The summed E-state index contributed by atoms with van der Waals surface area (Å²) in [5.74, 6) is 0.977. The van der Waals surface area contributed by atoms with E-state index in [1.165, 1.54) is 0 Å². The molecule has 0 aliphatic rings. The minimum absolute atomic E-state index is 0.127. The van der Waals surface area contributed by atoms with Crippen molar-refractivity contribution in [1.82, 2.24) is 9.97 Å². The van der Waals surface area contributed by atoms with E-state index in [0.717, 1.165) is 0 Å². The predicted octanol–water partition coefficient (Wildman–Crippen LogP) is 0.805. The Morgan fingerprint density at radius 3 is 2.77 bits per heavy atom. The molecule has 0 saturated heterocycles. The van der Waals surface area contributed by atoms with Crippen LogP contribution in [0.1, 0.15) is 0 Å². The van der Waals surface area contributed by atoms with E-state index in [1.54, 1.807) is 6.07 Å². The zero-order valence-electron chi connectivity index (χ0n) is 6.92. The summed E-state index contributed by atoms with van der Waals surface area (Å²) in [4.78, 5) is 7.59. The van der Waals surface area contributed by atoms with Gasteiger partial charge in [0.2, 0.25) is 5.95 Å². The molecule has 5 nitrogen and oxygen atoms in total. The Hall–Kier alpha value is -1.49. The number of nitrogens with two attached hydrogens (primary N) is 2. The van der Waals surface area contributed by atoms with Gasteiger partial charge in [0.1, 0.15) is 11.6 Å². The summed E-state index contributed by atoms with van der Waals surface area (Å²) >= 11 is 5.54. The fourth-order valence-corrected chi connectivity index (χ4v) is 0.829. The van der Waals surface area contributed by atoms with Gasteiger partial charge in [-0.15, -0.1) is 0 Å². The van der Waals surface area contributed by atoms with E-state index in [2.05, 4.69) is 21.9 Å². The molecule has 0 amide bonds. The van der Waals surface area contributed by atoms with Crippen LogP contribution in [0.5, 0.6) is 0 Å². The lowest BCUT2D eigenvalue weighted by molar-refractivity contribution is 1.16. The Morgan fingerprint density at radius 1 is 1.54 bits per heavy atom. The number of rotatable bonds is 3. The van der Waals surface area contributed by atoms with Crippen LogP contribution in [0.4, 0.5) is 17.6 Å². The minimum atomic E-state index is 0.127. The van der Waals surface area contributed by atoms with Crippen molar-refractivity contribution in [1.29, 1.82) is 0 Å². The van der Waals surface area contributed by atoms with Gasteiger partial charge >= 0.3 is 0 Å². The Bertz CT molecular complexity index is 304. The van der Waals surface area contributed by atoms with Crippen molar-refractivity contribution in [3.8, 4) is 0 Å². The maximum Gasteiger partial charge on any atom is 0.223 e. The lowest BCUT2D eigenvalue weighted by Crippen LogP contribution is -2.07. The summed E-state index contributed by atoms with van der Waals surface area (Å²) in [6, 6.07) is 1.57. The summed E-state index contributed by atoms with van der Waals surface area (Å²) in [6.45, 7) is 3.93. The molecule has 0 saturated carbocycles. The molecule has 0 radical (unpaired) electrons. The van der Waals surface area contributed by atoms with Gasteiger partial charge in [-0.3, -0.25) is 0 Å². The normalized spacial score (nSPS) is 9.62. The van der Waals surface area contributed by atoms with Crippen LogP contribution < -0.4 is 16.8 Å². The average molecular weight is 200 g/mol. The topological polar surface area (TPSA) is 89.8 Å². The summed E-state index contributed by atoms with van der Waals surface area (Å²) in [7, 11) is 0. The lowest BCUT2D eigenvalue weighted by Gasteiger charge is -2.04. The van der Waals surface area contributed by atoms with Crippen molar-refractivity contribution in [3.05, 3.63) is 17.7 Å². The van der Waals surface area contributed by atoms with Crippen LogP contribution in [0.2, 0.25) is 0 Å². The molecule has 0 bridgehead atoms. The Morgan fingerprint density at radius 2 is 2.23 bits per heavy atom. The summed E-state index contributed by atoms with van der Waals surface area (Å²) in [5, 5.41) is 3.37. The monoisotopic (exact) mass is 199 g/mol. The molecule has 6 heteroatoms. The highest BCUT2D eigenvalue weighted by molar-refractivity contribution is 6.29. The highest BCUT2D eigenvalue weighted by Crippen LogP contribution is 2.09. The number of anilines is 3. The largest absolute Gasteiger partial charge is 0.383 e. The molecule has 1 rings (SSSR count). The quantitative estimate of drug-likeness (QED) is 0.670. The third kappa shape index (κ3) is 3.16. The molecular formula is C7H10ClN5. The van der Waals surface area contributed by atoms with Crippen LogP contribution in [0.3, 0.4) is 0 Å². The first kappa shape index (κ1) is 9.60. The maximum atomic E-state index is 5.54.